The van der Waals surface area contributed by atoms with Gasteiger partial charge in [-0.1, -0.05) is 11.6 Å². The molecule has 4 saturated heterocycles. The number of epoxide rings is 4. The molecule has 0 amide bonds. The van der Waals surface area contributed by atoms with Gasteiger partial charge in [0.15, 0.2) is 0 Å². The zero-order chi connectivity index (χ0) is 17.1. The molecule has 4 aliphatic heterocycles. The van der Waals surface area contributed by atoms with E-state index in [0.29, 0.717) is 30.8 Å². The van der Waals surface area contributed by atoms with Gasteiger partial charge >= 0.3 is 0 Å². The molecule has 4 heterocycles. The zero-order valence-corrected chi connectivity index (χ0v) is 14.6. The third-order valence-electron chi connectivity index (χ3n) is 5.97. The topological polar surface area (TPSA) is 102 Å². The molecule has 138 valence electrons. The second kappa shape index (κ2) is 5.87. The Hall–Kier alpha value is -0.760. The van der Waals surface area contributed by atoms with E-state index in [2.05, 4.69) is 6.08 Å². The fourth-order valence-corrected chi connectivity index (χ4v) is 4.52. The van der Waals surface area contributed by atoms with Crippen LogP contribution in [0.3, 0.4) is 0 Å². The van der Waals surface area contributed by atoms with E-state index < -0.39 is 5.66 Å². The van der Waals surface area contributed by atoms with E-state index in [1.54, 1.807) is 0 Å². The summed E-state index contributed by atoms with van der Waals surface area (Å²) in [7, 11) is 0. The molecule has 0 aromatic carbocycles. The highest BCUT2D eigenvalue weighted by molar-refractivity contribution is 5.41. The molecule has 0 spiro atoms. The molecule has 5 aliphatic rings. The van der Waals surface area contributed by atoms with Gasteiger partial charge in [-0.2, -0.15) is 0 Å². The van der Waals surface area contributed by atoms with E-state index in [4.69, 9.17) is 30.4 Å². The minimum Gasteiger partial charge on any atom is -0.373 e. The van der Waals surface area contributed by atoms with Crippen LogP contribution in [-0.2, 0) is 18.9 Å². The first kappa shape index (κ1) is 16.4. The van der Waals surface area contributed by atoms with Crippen molar-refractivity contribution in [2.75, 3.05) is 26.4 Å². The second-order valence-corrected chi connectivity index (χ2v) is 8.56. The van der Waals surface area contributed by atoms with Gasteiger partial charge in [-0.25, -0.2) is 0 Å². The Morgan fingerprint density at radius 3 is 1.80 bits per heavy atom. The van der Waals surface area contributed by atoms with E-state index >= 15 is 0 Å². The van der Waals surface area contributed by atoms with Gasteiger partial charge in [-0.05, 0) is 37.3 Å². The van der Waals surface area contributed by atoms with Crippen LogP contribution < -0.4 is 11.5 Å². The third-order valence-corrected chi connectivity index (χ3v) is 5.97. The Morgan fingerprint density at radius 2 is 1.36 bits per heavy atom. The van der Waals surface area contributed by atoms with Crippen LogP contribution in [0.2, 0.25) is 0 Å². The lowest BCUT2D eigenvalue weighted by Gasteiger charge is -2.40. The molecule has 1 aliphatic carbocycles. The average molecular weight is 348 g/mol. The molecule has 0 saturated carbocycles. The summed E-state index contributed by atoms with van der Waals surface area (Å²) in [5.41, 5.74) is 14.5. The molecule has 25 heavy (non-hydrogen) atoms. The van der Waals surface area contributed by atoms with Crippen molar-refractivity contribution in [3.05, 3.63) is 23.3 Å². The molecular formula is C19H28N2O4. The Morgan fingerprint density at radius 1 is 0.880 bits per heavy atom. The predicted octanol–water partition coefficient (Wildman–Crippen LogP) is 0.999. The molecule has 5 rings (SSSR count). The largest absolute Gasteiger partial charge is 0.373 e. The summed E-state index contributed by atoms with van der Waals surface area (Å²) in [5, 5.41) is 0. The maximum Gasteiger partial charge on any atom is 0.0869 e. The average Bonchev–Trinajstić information content (AvgIpc) is 3.39. The summed E-state index contributed by atoms with van der Waals surface area (Å²) in [6.07, 6.45) is 10.3. The summed E-state index contributed by atoms with van der Waals surface area (Å²) in [5.74, 6) is 0. The zero-order valence-electron chi connectivity index (χ0n) is 14.6. The van der Waals surface area contributed by atoms with Crippen LogP contribution in [0.4, 0.5) is 0 Å². The Balaban J connectivity index is 1.51. The summed E-state index contributed by atoms with van der Waals surface area (Å²) in [4.78, 5) is 0. The number of allylic oxidation sites excluding steroid dienone is 2. The summed E-state index contributed by atoms with van der Waals surface area (Å²) >= 11 is 0. The first-order chi connectivity index (χ1) is 12.0. The Kier molecular flexibility index (Phi) is 3.86. The molecule has 0 aromatic rings. The van der Waals surface area contributed by atoms with E-state index in [0.717, 1.165) is 52.1 Å². The maximum atomic E-state index is 6.25. The van der Waals surface area contributed by atoms with Gasteiger partial charge < -0.3 is 30.4 Å². The van der Waals surface area contributed by atoms with Crippen LogP contribution in [0.15, 0.2) is 23.3 Å². The van der Waals surface area contributed by atoms with Crippen molar-refractivity contribution < 1.29 is 18.9 Å². The van der Waals surface area contributed by atoms with Crippen molar-refractivity contribution >= 4 is 0 Å². The lowest BCUT2D eigenvalue weighted by molar-refractivity contribution is 0.194. The highest BCUT2D eigenvalue weighted by Gasteiger charge is 2.49. The van der Waals surface area contributed by atoms with Crippen LogP contribution in [0, 0.1) is 5.41 Å². The number of hydrogen-bond donors (Lipinski definition) is 2. The smallest absolute Gasteiger partial charge is 0.0869 e. The number of rotatable bonds is 9. The first-order valence-corrected chi connectivity index (χ1v) is 9.47. The van der Waals surface area contributed by atoms with Gasteiger partial charge in [0.05, 0.1) is 56.5 Å². The van der Waals surface area contributed by atoms with Crippen molar-refractivity contribution in [2.45, 2.75) is 62.2 Å². The number of ether oxygens (including phenoxy) is 4. The Bertz CT molecular complexity index is 563. The quantitative estimate of drug-likeness (QED) is 0.476. The van der Waals surface area contributed by atoms with Gasteiger partial charge in [-0.15, -0.1) is 0 Å². The van der Waals surface area contributed by atoms with Crippen LogP contribution in [0.5, 0.6) is 0 Å². The fourth-order valence-electron chi connectivity index (χ4n) is 4.52. The van der Waals surface area contributed by atoms with E-state index in [1.807, 2.05) is 6.08 Å². The van der Waals surface area contributed by atoms with Crippen molar-refractivity contribution in [1.82, 2.24) is 0 Å². The molecule has 4 unspecified atom stereocenters. The minimum atomic E-state index is -0.762. The molecular weight excluding hydrogens is 320 g/mol. The number of nitrogens with two attached hydrogens (primary N) is 2. The molecule has 0 bridgehead atoms. The summed E-state index contributed by atoms with van der Waals surface area (Å²) in [6, 6.07) is 0. The minimum absolute atomic E-state index is 0.0285. The van der Waals surface area contributed by atoms with Crippen molar-refractivity contribution in [1.29, 1.82) is 0 Å². The maximum absolute atomic E-state index is 6.25. The first-order valence-electron chi connectivity index (χ1n) is 9.47. The van der Waals surface area contributed by atoms with Gasteiger partial charge in [-0.3, -0.25) is 0 Å². The lowest BCUT2D eigenvalue weighted by atomic mass is 9.65. The van der Waals surface area contributed by atoms with Crippen LogP contribution >= 0.6 is 0 Å². The van der Waals surface area contributed by atoms with Crippen LogP contribution in [-0.4, -0.2) is 56.5 Å². The van der Waals surface area contributed by atoms with E-state index in [1.165, 1.54) is 11.1 Å². The van der Waals surface area contributed by atoms with Crippen LogP contribution in [0.25, 0.3) is 0 Å². The molecule has 6 nitrogen and oxygen atoms in total. The third kappa shape index (κ3) is 3.99. The summed E-state index contributed by atoms with van der Waals surface area (Å²) in [6.45, 7) is 3.45. The molecule has 4 N–H and O–H groups in total. The van der Waals surface area contributed by atoms with Gasteiger partial charge in [0, 0.05) is 11.8 Å². The van der Waals surface area contributed by atoms with Crippen molar-refractivity contribution in [3.8, 4) is 0 Å². The van der Waals surface area contributed by atoms with Gasteiger partial charge in [0.1, 0.15) is 0 Å². The standard InChI is InChI=1S/C19H28N2O4/c20-19(21)2-1-17(12(4-19)3-13-8-22-13)18(5-14-9-23-14,6-15-10-24-15)7-16-11-25-16/h1-2,13-16H,3-11,20-21H2. The molecule has 4 fully saturated rings. The van der Waals surface area contributed by atoms with Gasteiger partial charge in [0.2, 0.25) is 0 Å². The fraction of sp³-hybridized carbons (Fsp3) is 0.789. The Labute approximate surface area is 148 Å². The predicted molar refractivity (Wildman–Crippen MR) is 91.7 cm³/mol. The number of hydrogen-bond acceptors (Lipinski definition) is 6. The molecule has 0 aromatic heterocycles. The van der Waals surface area contributed by atoms with Crippen LogP contribution in [0.1, 0.15) is 32.1 Å². The molecule has 6 heteroatoms. The summed E-state index contributed by atoms with van der Waals surface area (Å²) < 4.78 is 22.4. The normalized spacial score (nSPS) is 39.9. The van der Waals surface area contributed by atoms with Crippen molar-refractivity contribution in [2.24, 2.45) is 16.9 Å². The van der Waals surface area contributed by atoms with Crippen molar-refractivity contribution in [3.63, 3.8) is 0 Å². The van der Waals surface area contributed by atoms with E-state index in [9.17, 15) is 0 Å². The highest BCUT2D eigenvalue weighted by atomic mass is 16.6. The lowest BCUT2D eigenvalue weighted by Crippen LogP contribution is -2.49. The second-order valence-electron chi connectivity index (χ2n) is 8.56. The SMILES string of the molecule is NC1(N)C=CC(C(CC2CO2)(CC2CO2)CC2CO2)=C(CC2CO2)C1. The molecule has 0 radical (unpaired) electrons. The van der Waals surface area contributed by atoms with E-state index in [-0.39, 0.29) is 5.41 Å². The monoisotopic (exact) mass is 348 g/mol. The van der Waals surface area contributed by atoms with Gasteiger partial charge in [0.25, 0.3) is 0 Å². The molecule has 4 atom stereocenters. The highest BCUT2D eigenvalue weighted by Crippen LogP contribution is 2.52.